The fourth-order valence-corrected chi connectivity index (χ4v) is 8.88. The number of sulfonamides is 1. The number of benzene rings is 1. The summed E-state index contributed by atoms with van der Waals surface area (Å²) in [6, 6.07) is 8.36. The van der Waals surface area contributed by atoms with Crippen molar-refractivity contribution in [1.82, 2.24) is 35.5 Å². The van der Waals surface area contributed by atoms with E-state index in [9.17, 15) is 32.4 Å². The lowest BCUT2D eigenvalue weighted by Crippen LogP contribution is -2.61. The lowest BCUT2D eigenvalue weighted by molar-refractivity contribution is -0.144. The van der Waals surface area contributed by atoms with E-state index < -0.39 is 69.1 Å². The number of pyridine rings is 1. The Bertz CT molecular complexity index is 1870. The number of hydrogen-bond donors (Lipinski definition) is 4. The number of amides is 5. The molecule has 5 amide bonds. The quantitative estimate of drug-likeness (QED) is 0.156. The number of piperidine rings is 1. The molecule has 290 valence electrons. The summed E-state index contributed by atoms with van der Waals surface area (Å²) in [5.41, 5.74) is 1.57. The van der Waals surface area contributed by atoms with Crippen LogP contribution in [0.2, 0.25) is 0 Å². The van der Waals surface area contributed by atoms with Crippen LogP contribution >= 0.6 is 0 Å². The minimum atomic E-state index is -3.96. The molecule has 15 heteroatoms. The second kappa shape index (κ2) is 15.6. The predicted octanol–water partition coefficient (Wildman–Crippen LogP) is 1.81. The zero-order valence-electron chi connectivity index (χ0n) is 31.3. The van der Waals surface area contributed by atoms with Gasteiger partial charge in [-0.1, -0.05) is 57.2 Å². The SMILES string of the molecule is C=CCNC(=O)C(=O)C(NC(=O)[C@@H]1[C@H]2C[C@H]2CN1C(=O)[C@@H](NC(=O)N[C@H](CN(C)S(=O)(=O)c1ccccn1)C(C)(C)C)C1Cc2ccccc2C1)C1CC1. The number of likely N-dealkylation sites (tertiary alicyclic amines) is 1. The number of aromatic nitrogens is 1. The molecule has 1 aliphatic heterocycles. The van der Waals surface area contributed by atoms with Gasteiger partial charge in [0.05, 0.1) is 0 Å². The Morgan fingerprint density at radius 2 is 1.63 bits per heavy atom. The number of ketones is 1. The molecule has 0 bridgehead atoms. The number of carbonyl (C=O) groups excluding carboxylic acids is 5. The van der Waals surface area contributed by atoms with E-state index >= 15 is 0 Å². The van der Waals surface area contributed by atoms with Crippen molar-refractivity contribution in [2.45, 2.75) is 82.1 Å². The summed E-state index contributed by atoms with van der Waals surface area (Å²) in [6.45, 7) is 9.62. The van der Waals surface area contributed by atoms with E-state index in [-0.39, 0.29) is 41.8 Å². The molecule has 3 aliphatic carbocycles. The number of Topliss-reactive ketones (excluding diaryl/α,β-unsaturated/α-hetero) is 1. The first-order chi connectivity index (χ1) is 25.6. The first-order valence-electron chi connectivity index (χ1n) is 18.6. The highest BCUT2D eigenvalue weighted by Crippen LogP contribution is 2.50. The minimum absolute atomic E-state index is 0.0620. The average Bonchev–Trinajstić information content (AvgIpc) is 4.06. The van der Waals surface area contributed by atoms with E-state index in [0.29, 0.717) is 32.2 Å². The Morgan fingerprint density at radius 3 is 2.22 bits per heavy atom. The Labute approximate surface area is 317 Å². The predicted molar refractivity (Wildman–Crippen MR) is 200 cm³/mol. The maximum atomic E-state index is 14.7. The van der Waals surface area contributed by atoms with Gasteiger partial charge in [0.15, 0.2) is 5.03 Å². The molecule has 2 saturated carbocycles. The summed E-state index contributed by atoms with van der Waals surface area (Å²) in [4.78, 5) is 73.9. The minimum Gasteiger partial charge on any atom is -0.346 e. The van der Waals surface area contributed by atoms with Gasteiger partial charge in [0, 0.05) is 38.9 Å². The molecule has 1 saturated heterocycles. The molecule has 4 aliphatic rings. The van der Waals surface area contributed by atoms with E-state index in [4.69, 9.17) is 0 Å². The molecule has 1 unspecified atom stereocenters. The number of urea groups is 1. The number of likely N-dealkylation sites (N-methyl/N-ethyl adjacent to an activating group) is 1. The highest BCUT2D eigenvalue weighted by molar-refractivity contribution is 7.89. The van der Waals surface area contributed by atoms with Gasteiger partial charge in [0.2, 0.25) is 17.6 Å². The Balaban J connectivity index is 1.20. The van der Waals surface area contributed by atoms with E-state index in [1.807, 2.05) is 45.0 Å². The monoisotopic (exact) mass is 761 g/mol. The Hall–Kier alpha value is -4.63. The molecule has 1 aromatic heterocycles. The van der Waals surface area contributed by atoms with Crippen molar-refractivity contribution >= 4 is 39.6 Å². The number of nitrogens with one attached hydrogen (secondary N) is 4. The average molecular weight is 762 g/mol. The summed E-state index contributed by atoms with van der Waals surface area (Å²) in [5, 5.41) is 11.1. The van der Waals surface area contributed by atoms with Crippen molar-refractivity contribution in [1.29, 1.82) is 0 Å². The summed E-state index contributed by atoms with van der Waals surface area (Å²) in [5.74, 6) is -2.81. The molecule has 0 spiro atoms. The molecule has 0 radical (unpaired) electrons. The lowest BCUT2D eigenvalue weighted by Gasteiger charge is -2.36. The van der Waals surface area contributed by atoms with Crippen LogP contribution in [0.25, 0.3) is 0 Å². The maximum absolute atomic E-state index is 14.7. The molecule has 2 heterocycles. The largest absolute Gasteiger partial charge is 0.346 e. The van der Waals surface area contributed by atoms with E-state index in [1.54, 1.807) is 17.0 Å². The Morgan fingerprint density at radius 1 is 0.963 bits per heavy atom. The van der Waals surface area contributed by atoms with Crippen molar-refractivity contribution in [3.63, 3.8) is 0 Å². The highest BCUT2D eigenvalue weighted by atomic mass is 32.2. The Kier molecular flexibility index (Phi) is 11.3. The van der Waals surface area contributed by atoms with Crippen molar-refractivity contribution in [2.24, 2.45) is 29.1 Å². The van der Waals surface area contributed by atoms with E-state index in [1.165, 1.54) is 25.4 Å². The van der Waals surface area contributed by atoms with Crippen molar-refractivity contribution in [3.05, 3.63) is 72.4 Å². The van der Waals surface area contributed by atoms with E-state index in [2.05, 4.69) is 32.8 Å². The zero-order valence-corrected chi connectivity index (χ0v) is 32.1. The summed E-state index contributed by atoms with van der Waals surface area (Å²) in [7, 11) is -2.52. The third-order valence-corrected chi connectivity index (χ3v) is 13.0. The van der Waals surface area contributed by atoms with Crippen LogP contribution in [0.15, 0.2) is 66.3 Å². The zero-order chi connectivity index (χ0) is 38.9. The van der Waals surface area contributed by atoms with Crippen LogP contribution in [-0.4, -0.2) is 103 Å². The third-order valence-electron chi connectivity index (χ3n) is 11.2. The van der Waals surface area contributed by atoms with Gasteiger partial charge in [-0.05, 0) is 84.5 Å². The van der Waals surface area contributed by atoms with Crippen LogP contribution in [0.1, 0.15) is 51.2 Å². The lowest BCUT2D eigenvalue weighted by atomic mass is 9.86. The van der Waals surface area contributed by atoms with Gasteiger partial charge in [-0.15, -0.1) is 6.58 Å². The van der Waals surface area contributed by atoms with Crippen LogP contribution in [0.4, 0.5) is 4.79 Å². The van der Waals surface area contributed by atoms with Crippen LogP contribution in [0.5, 0.6) is 0 Å². The van der Waals surface area contributed by atoms with Gasteiger partial charge in [-0.25, -0.2) is 18.2 Å². The first-order valence-corrected chi connectivity index (χ1v) is 20.1. The van der Waals surface area contributed by atoms with E-state index in [0.717, 1.165) is 21.9 Å². The fraction of sp³-hybridized carbons (Fsp3) is 0.538. The maximum Gasteiger partial charge on any atom is 0.315 e. The van der Waals surface area contributed by atoms with Gasteiger partial charge >= 0.3 is 6.03 Å². The van der Waals surface area contributed by atoms with Crippen molar-refractivity contribution < 1.29 is 32.4 Å². The molecule has 1 aromatic carbocycles. The van der Waals surface area contributed by atoms with Crippen LogP contribution < -0.4 is 21.3 Å². The number of carbonyl (C=O) groups is 5. The molecular formula is C39H51N7O7S. The van der Waals surface area contributed by atoms with Crippen molar-refractivity contribution in [3.8, 4) is 0 Å². The van der Waals surface area contributed by atoms with Crippen LogP contribution in [0.3, 0.4) is 0 Å². The number of nitrogens with zero attached hydrogens (tertiary/aromatic N) is 3. The second-order valence-corrected chi connectivity index (χ2v) is 18.2. The normalized spacial score (nSPS) is 22.3. The van der Waals surface area contributed by atoms with Gasteiger partial charge < -0.3 is 26.2 Å². The highest BCUT2D eigenvalue weighted by Gasteiger charge is 2.58. The van der Waals surface area contributed by atoms with Crippen LogP contribution in [-0.2, 0) is 42.0 Å². The molecule has 14 nitrogen and oxygen atoms in total. The number of rotatable bonds is 15. The topological polar surface area (TPSA) is 187 Å². The second-order valence-electron chi connectivity index (χ2n) is 16.2. The molecule has 6 atom stereocenters. The molecule has 2 aromatic rings. The molecule has 3 fully saturated rings. The summed E-state index contributed by atoms with van der Waals surface area (Å²) >= 11 is 0. The molecule has 6 rings (SSSR count). The summed E-state index contributed by atoms with van der Waals surface area (Å²) in [6.07, 6.45) is 6.11. The molecular weight excluding hydrogens is 711 g/mol. The van der Waals surface area contributed by atoms with Gasteiger partial charge in [-0.2, -0.15) is 4.31 Å². The van der Waals surface area contributed by atoms with Crippen LogP contribution in [0, 0.1) is 29.1 Å². The number of fused-ring (bicyclic) bond motifs is 2. The van der Waals surface area contributed by atoms with Crippen molar-refractivity contribution in [2.75, 3.05) is 26.7 Å². The number of hydrogen-bond acceptors (Lipinski definition) is 8. The first kappa shape index (κ1) is 39.1. The van der Waals surface area contributed by atoms with Gasteiger partial charge in [0.1, 0.15) is 18.1 Å². The molecule has 54 heavy (non-hydrogen) atoms. The van der Waals surface area contributed by atoms with Gasteiger partial charge in [0.25, 0.3) is 15.9 Å². The van der Waals surface area contributed by atoms with Gasteiger partial charge in [-0.3, -0.25) is 19.2 Å². The molecule has 4 N–H and O–H groups in total. The fourth-order valence-electron chi connectivity index (χ4n) is 7.77. The smallest absolute Gasteiger partial charge is 0.315 e. The summed E-state index contributed by atoms with van der Waals surface area (Å²) < 4.78 is 27.8. The standard InChI is InChI=1S/C39H51N7O7S/c1-6-16-41-36(49)34(47)31(23-14-15-23)43-35(48)33-28-20-27(28)21-46(33)37(50)32(26-18-24-11-7-8-12-25(24)19-26)44-38(51)42-29(39(2,3)4)22-45(5)54(52,53)30-13-9-10-17-40-30/h6-13,17,23,26-29,31-33H,1,14-16,18-22H2,2-5H3,(H,41,49)(H,43,48)(H2,42,44,51)/t27-,28-,29+,31?,32-,33-/m0/s1. The third kappa shape index (κ3) is 8.51.